The van der Waals surface area contributed by atoms with Gasteiger partial charge < -0.3 is 49.4 Å². The summed E-state index contributed by atoms with van der Waals surface area (Å²) < 4.78 is 0. The SMILES string of the molecule is CN1c2cc3ccccc3cc2B2c3c1cccc3N(C)c1ccc3ccccc3c12.CN1c2cc3ccccc3cc2B2c3cc4ccccc4cc3N(C)c3cccc1c32.CN1c2cccc3c2B(c2c(ccc4ccccc24)N3)c2c1ccc1ccccc21.CN1c2cccc3c2B(c2ccc4ccccc4c21)c1ccc2ccccc2c1N3C.CN1c2ccccc2B2c3ccccc3N(C)c3cccc1c32. The number of nitrogens with one attached hydrogen (secondary N) is 1. The molecule has 23 aromatic carbocycles. The molecule has 0 aliphatic carbocycles. The topological polar surface area (TPSA) is 41.2 Å². The summed E-state index contributed by atoms with van der Waals surface area (Å²) in [6, 6.07) is 158. The molecule has 10 heterocycles. The standard InChI is InChI=1S/3C28H21BN2.C27H19BN2.C20H17BN2/c1-30-24-12-7-13-25-28(24)29(22-14-18-8-3-5-10-20(18)16-26(22)30)23-15-19-9-4-6-11-21(19)17-27(23)31(25)2;1-30-24-12-7-13-25-26(24)29(22-16-14-18-8-3-5-10-20(18)27(22)30)23-17-15-19-9-4-6-11-21(19)28(23)31(25)2;1-30-23-12-7-13-24-28(23)29(27-21-11-6-5-8-18(21)14-15-25(27)30)22-16-19-9-3-4-10-20(19)17-26(22)31(24)2;1-30-23-12-6-11-21-27(23)28(26-20-10-5-3-8-18(20)14-16-24(26)30)25-19-9-4-2-7-17(19)13-15-22(25)29-21;1-22-16-10-5-3-8-14(16)21-15-9-4-6-11-17(15)23(2)19-13-7-12-18(22)20(19)21/h3*3-17H,1-2H3;2-16,29H,1H3;3-13H,1-2H3. The van der Waals surface area contributed by atoms with Gasteiger partial charge in [-0.05, 0) is 267 Å². The van der Waals surface area contributed by atoms with Crippen molar-refractivity contribution in [1.29, 1.82) is 0 Å². The molecule has 146 heavy (non-hydrogen) atoms. The third kappa shape index (κ3) is 12.5. The molecule has 0 fully saturated rings. The molecule has 0 unspecified atom stereocenters. The van der Waals surface area contributed by atoms with E-state index < -0.39 is 0 Å². The fraction of sp³-hybridized carbons (Fsp3) is 0.0687. The summed E-state index contributed by atoms with van der Waals surface area (Å²) in [5.74, 6) is 0. The highest BCUT2D eigenvalue weighted by molar-refractivity contribution is 7.04. The lowest BCUT2D eigenvalue weighted by atomic mass is 9.32. The Labute approximate surface area is 852 Å². The number of nitrogens with zero attached hydrogens (tertiary/aromatic N) is 9. The highest BCUT2D eigenvalue weighted by atomic mass is 15.2. The second-order valence-corrected chi connectivity index (χ2v) is 40.9. The smallest absolute Gasteiger partial charge is 0.253 e. The average molecular weight is 1870 g/mol. The minimum Gasteiger partial charge on any atom is -0.356 e. The van der Waals surface area contributed by atoms with Crippen LogP contribution in [0.15, 0.2) is 431 Å². The van der Waals surface area contributed by atoms with Crippen LogP contribution >= 0.6 is 0 Å². The predicted molar refractivity (Wildman–Crippen MR) is 636 cm³/mol. The van der Waals surface area contributed by atoms with Crippen molar-refractivity contribution >= 4 is 315 Å². The van der Waals surface area contributed by atoms with Crippen LogP contribution in [0, 0.1) is 0 Å². The Morgan fingerprint density at radius 1 is 0.137 bits per heavy atom. The number of anilines is 20. The highest BCUT2D eigenvalue weighted by Crippen LogP contribution is 2.47. The van der Waals surface area contributed by atoms with E-state index in [-0.39, 0.29) is 26.9 Å². The Hall–Kier alpha value is -17.5. The van der Waals surface area contributed by atoms with Crippen LogP contribution in [0.4, 0.5) is 114 Å². The van der Waals surface area contributed by atoms with Gasteiger partial charge in [0.05, 0.1) is 0 Å². The van der Waals surface area contributed by atoms with E-state index in [0.29, 0.717) is 6.71 Å². The monoisotopic (exact) mass is 1870 g/mol. The van der Waals surface area contributed by atoms with Gasteiger partial charge in [0.25, 0.3) is 33.6 Å². The van der Waals surface area contributed by atoms with Crippen molar-refractivity contribution in [2.24, 2.45) is 0 Å². The largest absolute Gasteiger partial charge is 0.356 e. The lowest BCUT2D eigenvalue weighted by Crippen LogP contribution is -2.61. The molecule has 10 nitrogen and oxygen atoms in total. The Morgan fingerprint density at radius 2 is 0.377 bits per heavy atom. The summed E-state index contributed by atoms with van der Waals surface area (Å²) in [4.78, 5) is 21.3. The second-order valence-electron chi connectivity index (χ2n) is 40.9. The summed E-state index contributed by atoms with van der Waals surface area (Å²) >= 11 is 0. The van der Waals surface area contributed by atoms with E-state index in [1.54, 1.807) is 0 Å². The normalized spacial score (nSPS) is 13.9. The van der Waals surface area contributed by atoms with Crippen molar-refractivity contribution in [3.8, 4) is 0 Å². The first-order valence-electron chi connectivity index (χ1n) is 51.1. The number of hydrogen-bond donors (Lipinski definition) is 1. The predicted octanol–water partition coefficient (Wildman–Crippen LogP) is 21.0. The van der Waals surface area contributed by atoms with Crippen LogP contribution in [0.1, 0.15) is 0 Å². The first-order chi connectivity index (χ1) is 71.7. The summed E-state index contributed by atoms with van der Waals surface area (Å²) in [6.07, 6.45) is 0. The van der Waals surface area contributed by atoms with E-state index >= 15 is 0 Å². The fourth-order valence-corrected chi connectivity index (χ4v) is 27.2. The van der Waals surface area contributed by atoms with Gasteiger partial charge in [-0.15, -0.1) is 0 Å². The Morgan fingerprint density at radius 3 is 0.774 bits per heavy atom. The minimum absolute atomic E-state index is 0.204. The Bertz CT molecular complexity index is 9220. The highest BCUT2D eigenvalue weighted by Gasteiger charge is 2.48. The molecule has 10 aliphatic rings. The quantitative estimate of drug-likeness (QED) is 0.149. The van der Waals surface area contributed by atoms with Crippen LogP contribution in [0.2, 0.25) is 0 Å². The Kier molecular flexibility index (Phi) is 19.1. The zero-order chi connectivity index (χ0) is 97.4. The number of rotatable bonds is 0. The maximum atomic E-state index is 3.74. The van der Waals surface area contributed by atoms with Gasteiger partial charge in [0.15, 0.2) is 0 Å². The van der Waals surface area contributed by atoms with Gasteiger partial charge >= 0.3 is 0 Å². The van der Waals surface area contributed by atoms with Gasteiger partial charge in [-0.1, -0.05) is 322 Å². The Balaban J connectivity index is 0.0000000867. The zero-order valence-electron chi connectivity index (χ0n) is 82.9. The van der Waals surface area contributed by atoms with Crippen molar-refractivity contribution in [1.82, 2.24) is 0 Å². The lowest BCUT2D eigenvalue weighted by molar-refractivity contribution is 1.18. The van der Waals surface area contributed by atoms with Gasteiger partial charge in [0, 0.05) is 188 Å². The van der Waals surface area contributed by atoms with E-state index in [1.165, 1.54) is 282 Å². The van der Waals surface area contributed by atoms with Crippen LogP contribution in [-0.2, 0) is 0 Å². The molecule has 0 radical (unpaired) electrons. The number of hydrogen-bond acceptors (Lipinski definition) is 10. The van der Waals surface area contributed by atoms with Crippen LogP contribution in [-0.4, -0.2) is 97.0 Å². The number of para-hydroxylation sites is 2. The first-order valence-corrected chi connectivity index (χ1v) is 51.1. The van der Waals surface area contributed by atoms with Gasteiger partial charge in [-0.3, -0.25) is 0 Å². The molecule has 23 aromatic rings. The van der Waals surface area contributed by atoms with Crippen molar-refractivity contribution < 1.29 is 0 Å². The number of benzene rings is 23. The van der Waals surface area contributed by atoms with Crippen LogP contribution in [0.25, 0.3) is 86.2 Å². The molecule has 0 aromatic heterocycles. The minimum atomic E-state index is 0.204. The second kappa shape index (κ2) is 32.8. The molecule has 0 saturated heterocycles. The first kappa shape index (κ1) is 85.3. The summed E-state index contributed by atoms with van der Waals surface area (Å²) in [5.41, 5.74) is 47.0. The van der Waals surface area contributed by atoms with Crippen molar-refractivity contribution in [2.75, 3.05) is 113 Å². The summed E-state index contributed by atoms with van der Waals surface area (Å²) in [6.45, 7) is 1.21. The van der Waals surface area contributed by atoms with Gasteiger partial charge in [0.2, 0.25) is 0 Å². The molecule has 0 spiro atoms. The fourth-order valence-electron chi connectivity index (χ4n) is 27.2. The lowest BCUT2D eigenvalue weighted by Gasteiger charge is -2.42. The van der Waals surface area contributed by atoms with E-state index in [9.17, 15) is 0 Å². The zero-order valence-corrected chi connectivity index (χ0v) is 82.9. The molecule has 0 amide bonds. The van der Waals surface area contributed by atoms with E-state index in [4.69, 9.17) is 0 Å². The van der Waals surface area contributed by atoms with Crippen molar-refractivity contribution in [3.63, 3.8) is 0 Å². The van der Waals surface area contributed by atoms with Gasteiger partial charge in [0.1, 0.15) is 0 Å². The van der Waals surface area contributed by atoms with E-state index in [2.05, 4.69) is 544 Å². The van der Waals surface area contributed by atoms with Crippen LogP contribution in [0.3, 0.4) is 0 Å². The molecule has 15 heteroatoms. The van der Waals surface area contributed by atoms with Gasteiger partial charge in [-0.25, -0.2) is 0 Å². The maximum absolute atomic E-state index is 3.74. The summed E-state index contributed by atoms with van der Waals surface area (Å²) in [5, 5.41) is 24.7. The molecule has 1 N–H and O–H groups in total. The molecule has 10 aliphatic heterocycles. The number of fused-ring (bicyclic) bond motifs is 33. The maximum Gasteiger partial charge on any atom is 0.253 e. The third-order valence-corrected chi connectivity index (χ3v) is 33.8. The van der Waals surface area contributed by atoms with Crippen LogP contribution < -0.4 is 131 Å². The third-order valence-electron chi connectivity index (χ3n) is 33.8. The molecular formula is C131H99B5N10. The van der Waals surface area contributed by atoms with Crippen molar-refractivity contribution in [3.05, 3.63) is 431 Å². The molecule has 0 saturated carbocycles. The molecular weight excluding hydrogens is 1770 g/mol. The van der Waals surface area contributed by atoms with E-state index in [0.717, 1.165) is 0 Å². The molecule has 33 rings (SSSR count). The molecule has 0 atom stereocenters. The summed E-state index contributed by atoms with van der Waals surface area (Å²) in [7, 11) is 19.8. The average Bonchev–Trinajstić information content (AvgIpc) is 0.710. The van der Waals surface area contributed by atoms with Crippen molar-refractivity contribution in [2.45, 2.75) is 0 Å². The van der Waals surface area contributed by atoms with Gasteiger partial charge in [-0.2, -0.15) is 0 Å². The molecule has 688 valence electrons. The molecule has 0 bridgehead atoms. The van der Waals surface area contributed by atoms with E-state index in [1.807, 2.05) is 0 Å². The van der Waals surface area contributed by atoms with Crippen LogP contribution in [0.5, 0.6) is 0 Å².